The minimum atomic E-state index is -0.345. The van der Waals surface area contributed by atoms with Crippen LogP contribution in [0.1, 0.15) is 32.5 Å². The van der Waals surface area contributed by atoms with Crippen molar-refractivity contribution in [2.45, 2.75) is 20.0 Å². The normalized spacial score (nSPS) is 16.5. The second-order valence-corrected chi connectivity index (χ2v) is 6.35. The van der Waals surface area contributed by atoms with E-state index in [2.05, 4.69) is 10.6 Å². The standard InChI is InChI=1S/C16H18N2O3S/c1-8-9(2)22-16-12(8)15(19)17-14(18-16)10-6-5-7-11(20-3)13(10)21-4/h5-7,14,18H,1-4H3,(H,17,19). The van der Waals surface area contributed by atoms with Crippen LogP contribution in [-0.4, -0.2) is 20.1 Å². The number of carbonyl (C=O) groups is 1. The number of methoxy groups -OCH3 is 2. The van der Waals surface area contributed by atoms with E-state index in [4.69, 9.17) is 9.47 Å². The number of anilines is 1. The Morgan fingerprint density at radius 3 is 2.59 bits per heavy atom. The highest BCUT2D eigenvalue weighted by Crippen LogP contribution is 2.40. The van der Waals surface area contributed by atoms with Crippen molar-refractivity contribution in [1.82, 2.24) is 5.32 Å². The molecule has 1 aromatic heterocycles. The number of hydrogen-bond acceptors (Lipinski definition) is 5. The van der Waals surface area contributed by atoms with Gasteiger partial charge in [0, 0.05) is 10.4 Å². The van der Waals surface area contributed by atoms with E-state index in [1.165, 1.54) is 0 Å². The average molecular weight is 318 g/mol. The number of fused-ring (bicyclic) bond motifs is 1. The third-order valence-corrected chi connectivity index (χ3v) is 5.05. The predicted molar refractivity (Wildman–Crippen MR) is 87.2 cm³/mol. The SMILES string of the molecule is COc1cccc(C2NC(=O)c3c(sc(C)c3C)N2)c1OC. The van der Waals surface area contributed by atoms with Crippen LogP contribution in [0.25, 0.3) is 0 Å². The zero-order valence-electron chi connectivity index (χ0n) is 12.9. The molecule has 0 saturated heterocycles. The molecule has 1 amide bonds. The number of carbonyl (C=O) groups excluding carboxylic acids is 1. The first-order valence-electron chi connectivity index (χ1n) is 6.95. The number of benzene rings is 1. The van der Waals surface area contributed by atoms with Gasteiger partial charge < -0.3 is 20.1 Å². The molecule has 5 nitrogen and oxygen atoms in total. The second kappa shape index (κ2) is 5.53. The average Bonchev–Trinajstić information content (AvgIpc) is 2.81. The van der Waals surface area contributed by atoms with E-state index >= 15 is 0 Å². The maximum absolute atomic E-state index is 12.4. The van der Waals surface area contributed by atoms with Gasteiger partial charge in [-0.05, 0) is 25.5 Å². The molecular formula is C16H18N2O3S. The van der Waals surface area contributed by atoms with Gasteiger partial charge in [0.05, 0.1) is 19.8 Å². The second-order valence-electron chi connectivity index (χ2n) is 5.12. The van der Waals surface area contributed by atoms with Crippen LogP contribution in [0.2, 0.25) is 0 Å². The van der Waals surface area contributed by atoms with Crippen molar-refractivity contribution in [3.05, 3.63) is 39.8 Å². The first-order valence-corrected chi connectivity index (χ1v) is 7.76. The highest BCUT2D eigenvalue weighted by molar-refractivity contribution is 7.16. The first kappa shape index (κ1) is 14.7. The molecule has 0 saturated carbocycles. The van der Waals surface area contributed by atoms with Crippen LogP contribution in [0.4, 0.5) is 5.00 Å². The summed E-state index contributed by atoms with van der Waals surface area (Å²) < 4.78 is 10.8. The van der Waals surface area contributed by atoms with Gasteiger partial charge in [0.25, 0.3) is 5.91 Å². The highest BCUT2D eigenvalue weighted by atomic mass is 32.1. The Balaban J connectivity index is 2.03. The summed E-state index contributed by atoms with van der Waals surface area (Å²) in [4.78, 5) is 13.6. The molecule has 0 fully saturated rings. The van der Waals surface area contributed by atoms with Crippen molar-refractivity contribution in [3.8, 4) is 11.5 Å². The van der Waals surface area contributed by atoms with E-state index in [9.17, 15) is 4.79 Å². The number of rotatable bonds is 3. The topological polar surface area (TPSA) is 59.6 Å². The van der Waals surface area contributed by atoms with Crippen molar-refractivity contribution in [1.29, 1.82) is 0 Å². The first-order chi connectivity index (χ1) is 10.6. The fourth-order valence-electron chi connectivity index (χ4n) is 2.67. The molecule has 22 heavy (non-hydrogen) atoms. The van der Waals surface area contributed by atoms with Crippen molar-refractivity contribution in [3.63, 3.8) is 0 Å². The molecule has 6 heteroatoms. The van der Waals surface area contributed by atoms with Crippen molar-refractivity contribution >= 4 is 22.2 Å². The zero-order chi connectivity index (χ0) is 15.9. The van der Waals surface area contributed by atoms with Crippen LogP contribution in [0.3, 0.4) is 0 Å². The summed E-state index contributed by atoms with van der Waals surface area (Å²) in [6.45, 7) is 3.99. The van der Waals surface area contributed by atoms with Crippen LogP contribution >= 0.6 is 11.3 Å². The molecule has 1 aliphatic heterocycles. The molecular weight excluding hydrogens is 300 g/mol. The summed E-state index contributed by atoms with van der Waals surface area (Å²) in [6, 6.07) is 5.63. The van der Waals surface area contributed by atoms with E-state index < -0.39 is 0 Å². The Bertz CT molecular complexity index is 739. The lowest BCUT2D eigenvalue weighted by molar-refractivity contribution is 0.0935. The molecule has 0 bridgehead atoms. The molecule has 1 unspecified atom stereocenters. The number of hydrogen-bond donors (Lipinski definition) is 2. The van der Waals surface area contributed by atoms with E-state index in [1.54, 1.807) is 25.6 Å². The molecule has 0 spiro atoms. The summed E-state index contributed by atoms with van der Waals surface area (Å²) in [5.74, 6) is 1.20. The number of amides is 1. The van der Waals surface area contributed by atoms with Gasteiger partial charge in [-0.2, -0.15) is 0 Å². The smallest absolute Gasteiger partial charge is 0.256 e. The van der Waals surface area contributed by atoms with Crippen molar-refractivity contribution in [2.24, 2.45) is 0 Å². The fraction of sp³-hybridized carbons (Fsp3) is 0.312. The fourth-order valence-corrected chi connectivity index (χ4v) is 3.75. The third-order valence-electron chi connectivity index (χ3n) is 3.91. The Labute approximate surface area is 133 Å². The van der Waals surface area contributed by atoms with Gasteiger partial charge in [0.1, 0.15) is 11.2 Å². The maximum atomic E-state index is 12.4. The molecule has 2 aromatic rings. The number of ether oxygens (including phenoxy) is 2. The quantitative estimate of drug-likeness (QED) is 0.912. The Morgan fingerprint density at radius 2 is 1.91 bits per heavy atom. The van der Waals surface area contributed by atoms with Gasteiger partial charge in [-0.15, -0.1) is 11.3 Å². The molecule has 1 atom stereocenters. The summed E-state index contributed by atoms with van der Waals surface area (Å²) >= 11 is 1.60. The van der Waals surface area contributed by atoms with E-state index in [0.717, 1.165) is 26.6 Å². The third kappa shape index (κ3) is 2.20. The molecule has 1 aliphatic rings. The van der Waals surface area contributed by atoms with E-state index in [1.807, 2.05) is 32.0 Å². The lowest BCUT2D eigenvalue weighted by Crippen LogP contribution is -2.38. The molecule has 0 radical (unpaired) electrons. The number of para-hydroxylation sites is 1. The van der Waals surface area contributed by atoms with E-state index in [0.29, 0.717) is 11.5 Å². The molecule has 3 rings (SSSR count). The number of nitrogens with one attached hydrogen (secondary N) is 2. The highest BCUT2D eigenvalue weighted by Gasteiger charge is 2.31. The zero-order valence-corrected chi connectivity index (χ0v) is 13.8. The van der Waals surface area contributed by atoms with Crippen molar-refractivity contribution in [2.75, 3.05) is 19.5 Å². The summed E-state index contributed by atoms with van der Waals surface area (Å²) in [5.41, 5.74) is 2.60. The van der Waals surface area contributed by atoms with Gasteiger partial charge in [-0.3, -0.25) is 4.79 Å². The Morgan fingerprint density at radius 1 is 1.14 bits per heavy atom. The lowest BCUT2D eigenvalue weighted by atomic mass is 10.1. The van der Waals surface area contributed by atoms with Crippen LogP contribution in [0.5, 0.6) is 11.5 Å². The van der Waals surface area contributed by atoms with Crippen LogP contribution < -0.4 is 20.1 Å². The molecule has 2 N–H and O–H groups in total. The Kier molecular flexibility index (Phi) is 3.70. The molecule has 0 aliphatic carbocycles. The largest absolute Gasteiger partial charge is 0.493 e. The molecule has 2 heterocycles. The minimum absolute atomic E-state index is 0.0644. The van der Waals surface area contributed by atoms with Gasteiger partial charge in [-0.25, -0.2) is 0 Å². The molecule has 1 aromatic carbocycles. The summed E-state index contributed by atoms with van der Waals surface area (Å²) in [6.07, 6.45) is -0.345. The van der Waals surface area contributed by atoms with Crippen molar-refractivity contribution < 1.29 is 14.3 Å². The minimum Gasteiger partial charge on any atom is -0.493 e. The molecule has 116 valence electrons. The van der Waals surface area contributed by atoms with Crippen LogP contribution in [0, 0.1) is 13.8 Å². The predicted octanol–water partition coefficient (Wildman–Crippen LogP) is 3.24. The van der Waals surface area contributed by atoms with Crippen LogP contribution in [0.15, 0.2) is 18.2 Å². The number of thiophene rings is 1. The number of aryl methyl sites for hydroxylation is 1. The Hall–Kier alpha value is -2.21. The van der Waals surface area contributed by atoms with E-state index in [-0.39, 0.29) is 12.1 Å². The lowest BCUT2D eigenvalue weighted by Gasteiger charge is -2.28. The maximum Gasteiger partial charge on any atom is 0.256 e. The van der Waals surface area contributed by atoms with Crippen LogP contribution in [-0.2, 0) is 0 Å². The van der Waals surface area contributed by atoms with Gasteiger partial charge in [0.2, 0.25) is 0 Å². The summed E-state index contributed by atoms with van der Waals surface area (Å²) in [5, 5.41) is 7.27. The van der Waals surface area contributed by atoms with Gasteiger partial charge >= 0.3 is 0 Å². The van der Waals surface area contributed by atoms with Gasteiger partial charge in [0.15, 0.2) is 11.5 Å². The van der Waals surface area contributed by atoms with Gasteiger partial charge in [-0.1, -0.05) is 12.1 Å². The monoisotopic (exact) mass is 318 g/mol. The summed E-state index contributed by atoms with van der Waals surface area (Å²) in [7, 11) is 3.19.